The van der Waals surface area contributed by atoms with Crippen molar-refractivity contribution in [2.24, 2.45) is 5.92 Å². The minimum Gasteiger partial charge on any atom is -0.432 e. The van der Waals surface area contributed by atoms with Crippen molar-refractivity contribution in [2.45, 2.75) is 69.1 Å². The Labute approximate surface area is 316 Å². The fourth-order valence-electron chi connectivity index (χ4n) is 8.88. The van der Waals surface area contributed by atoms with E-state index in [4.69, 9.17) is 4.74 Å². The van der Waals surface area contributed by atoms with Gasteiger partial charge in [-0.3, -0.25) is 29.0 Å². The lowest BCUT2D eigenvalue weighted by molar-refractivity contribution is -0.150. The van der Waals surface area contributed by atoms with Crippen molar-refractivity contribution in [3.63, 3.8) is 0 Å². The molecule has 4 amide bonds. The first kappa shape index (κ1) is 37.2. The summed E-state index contributed by atoms with van der Waals surface area (Å²) in [6.45, 7) is 6.16. The molecule has 12 heteroatoms. The second-order valence-corrected chi connectivity index (χ2v) is 19.0. The van der Waals surface area contributed by atoms with Gasteiger partial charge >= 0.3 is 0 Å². The number of hydrogen-bond donors (Lipinski definition) is 2. The second kappa shape index (κ2) is 14.9. The van der Waals surface area contributed by atoms with Crippen LogP contribution in [0.1, 0.15) is 37.3 Å². The van der Waals surface area contributed by atoms with E-state index in [1.807, 2.05) is 117 Å². The number of anilines is 5. The highest BCUT2D eigenvalue weighted by atomic mass is 28.4. The van der Waals surface area contributed by atoms with Gasteiger partial charge in [0.25, 0.3) is 5.91 Å². The summed E-state index contributed by atoms with van der Waals surface area (Å²) < 4.78 is 6.98. The smallest absolute Gasteiger partial charge is 0.264 e. The van der Waals surface area contributed by atoms with Crippen molar-refractivity contribution < 1.29 is 33.8 Å². The first-order chi connectivity index (χ1) is 26.0. The summed E-state index contributed by atoms with van der Waals surface area (Å²) in [5.41, 5.74) is 2.54. The number of hydrogen-bond acceptors (Lipinski definition) is 7. The minimum absolute atomic E-state index is 0.0346. The predicted molar refractivity (Wildman–Crippen MR) is 209 cm³/mol. The van der Waals surface area contributed by atoms with Gasteiger partial charge in [0.1, 0.15) is 0 Å². The zero-order valence-electron chi connectivity index (χ0n) is 30.7. The summed E-state index contributed by atoms with van der Waals surface area (Å²) in [6.07, 6.45) is 2.22. The molecule has 280 valence electrons. The van der Waals surface area contributed by atoms with Gasteiger partial charge in [-0.15, -0.1) is 0 Å². The average Bonchev–Trinajstić information content (AvgIpc) is 3.84. The molecule has 3 aliphatic heterocycles. The number of benzene rings is 4. The average molecular weight is 747 g/mol. The van der Waals surface area contributed by atoms with Gasteiger partial charge in [-0.05, 0) is 86.1 Å². The molecule has 0 radical (unpaired) electrons. The number of para-hydroxylation sites is 2. The number of fused-ring (bicyclic) bond motifs is 2. The lowest BCUT2D eigenvalue weighted by atomic mass is 9.82. The maximum absolute atomic E-state index is 15.2. The molecule has 0 bridgehead atoms. The summed E-state index contributed by atoms with van der Waals surface area (Å²) >= 11 is 0. The SMILES string of the molecule is C[C@@H]1[C@@H]([Si](C)(C)O)[C@H](CC(=O)N2CCC[C@H]2CO)O[C@@]12C(=O)N(Cc1ccc(N(C=O)c3ccccc3)cc1)c1ccc(N(C=O)c3ccccc3)cc12. The van der Waals surface area contributed by atoms with Crippen LogP contribution in [0.4, 0.5) is 28.4 Å². The quantitative estimate of drug-likeness (QED) is 0.135. The molecule has 4 aromatic carbocycles. The van der Waals surface area contributed by atoms with E-state index in [2.05, 4.69) is 0 Å². The Kier molecular flexibility index (Phi) is 10.3. The molecule has 1 spiro atoms. The fourth-order valence-corrected chi connectivity index (χ4v) is 11.4. The lowest BCUT2D eigenvalue weighted by Gasteiger charge is -2.33. The summed E-state index contributed by atoms with van der Waals surface area (Å²) in [5.74, 6) is -1.01. The van der Waals surface area contributed by atoms with Gasteiger partial charge in [0.15, 0.2) is 13.9 Å². The molecule has 2 fully saturated rings. The van der Waals surface area contributed by atoms with Gasteiger partial charge in [-0.1, -0.05) is 55.5 Å². The van der Waals surface area contributed by atoms with E-state index >= 15 is 4.79 Å². The van der Waals surface area contributed by atoms with Gasteiger partial charge in [0.05, 0.1) is 37.4 Å². The van der Waals surface area contributed by atoms with Crippen LogP contribution < -0.4 is 14.7 Å². The Hall–Kier alpha value is -5.14. The zero-order chi connectivity index (χ0) is 38.2. The normalized spacial score (nSPS) is 23.5. The standard InChI is InChI=1S/C42H46N4O7Si/c1-29-40(54(2,3)52)38(24-39(50)43-22-10-15-35(43)26-47)53-42(29)36-23-34(46(28-49)32-13-8-5-9-14-32)20-21-37(36)44(41(42)51)25-30-16-18-33(19-17-30)45(27-48)31-11-6-4-7-12-31/h4-9,11-14,16-21,23,27-29,35,38,40,47,52H,10,15,22,24-26H2,1-3H3/t29-,35+,38+,40-,42+/m1/s1. The number of rotatable bonds is 12. The third-order valence-electron chi connectivity index (χ3n) is 11.4. The third kappa shape index (κ3) is 6.53. The largest absolute Gasteiger partial charge is 0.432 e. The fraction of sp³-hybridized carbons (Fsp3) is 0.333. The highest BCUT2D eigenvalue weighted by Gasteiger charge is 2.66. The van der Waals surface area contributed by atoms with Crippen molar-refractivity contribution in [3.05, 3.63) is 114 Å². The van der Waals surface area contributed by atoms with E-state index in [1.54, 1.807) is 20.8 Å². The summed E-state index contributed by atoms with van der Waals surface area (Å²) in [6, 6.07) is 31.1. The highest BCUT2D eigenvalue weighted by molar-refractivity contribution is 6.71. The zero-order valence-corrected chi connectivity index (χ0v) is 31.7. The Morgan fingerprint density at radius 1 is 0.889 bits per heavy atom. The van der Waals surface area contributed by atoms with Gasteiger partial charge in [-0.25, -0.2) is 0 Å². The maximum Gasteiger partial charge on any atom is 0.264 e. The summed E-state index contributed by atoms with van der Waals surface area (Å²) in [4.78, 5) is 71.9. The molecule has 0 unspecified atom stereocenters. The molecule has 5 atom stereocenters. The van der Waals surface area contributed by atoms with Crippen molar-refractivity contribution >= 4 is 61.4 Å². The monoisotopic (exact) mass is 746 g/mol. The Bertz CT molecular complexity index is 2010. The van der Waals surface area contributed by atoms with E-state index in [-0.39, 0.29) is 37.4 Å². The van der Waals surface area contributed by atoms with Crippen molar-refractivity contribution in [2.75, 3.05) is 27.9 Å². The number of aliphatic hydroxyl groups excluding tert-OH is 1. The van der Waals surface area contributed by atoms with Crippen LogP contribution >= 0.6 is 0 Å². The van der Waals surface area contributed by atoms with Crippen LogP contribution in [0.15, 0.2) is 103 Å². The Morgan fingerprint density at radius 3 is 2.04 bits per heavy atom. The van der Waals surface area contributed by atoms with E-state index in [0.29, 0.717) is 34.9 Å². The molecule has 3 aliphatic rings. The number of carbonyl (C=O) groups excluding carboxylic acids is 4. The van der Waals surface area contributed by atoms with Gasteiger partial charge < -0.3 is 24.4 Å². The Balaban J connectivity index is 1.28. The molecule has 0 aliphatic carbocycles. The number of likely N-dealkylation sites (tertiary alicyclic amines) is 1. The number of carbonyl (C=O) groups is 4. The molecule has 0 saturated carbocycles. The molecule has 3 heterocycles. The van der Waals surface area contributed by atoms with Crippen LogP contribution in [-0.4, -0.2) is 73.1 Å². The van der Waals surface area contributed by atoms with Gasteiger partial charge in [0.2, 0.25) is 18.7 Å². The molecule has 2 N–H and O–H groups in total. The van der Waals surface area contributed by atoms with E-state index in [9.17, 15) is 24.3 Å². The molecular formula is C42H46N4O7Si. The third-order valence-corrected chi connectivity index (χ3v) is 13.9. The highest BCUT2D eigenvalue weighted by Crippen LogP contribution is 2.60. The molecule has 4 aromatic rings. The first-order valence-corrected chi connectivity index (χ1v) is 21.5. The number of nitrogens with zero attached hydrogens (tertiary/aromatic N) is 4. The number of ether oxygens (including phenoxy) is 1. The van der Waals surface area contributed by atoms with Crippen molar-refractivity contribution in [1.29, 1.82) is 0 Å². The van der Waals surface area contributed by atoms with E-state index in [0.717, 1.165) is 36.9 Å². The van der Waals surface area contributed by atoms with Crippen molar-refractivity contribution in [3.8, 4) is 0 Å². The summed E-state index contributed by atoms with van der Waals surface area (Å²) in [5, 5.41) is 9.96. The molecule has 0 aromatic heterocycles. The predicted octanol–water partition coefficient (Wildman–Crippen LogP) is 5.99. The minimum atomic E-state index is -3.08. The topological polar surface area (TPSA) is 131 Å². The van der Waals surface area contributed by atoms with E-state index in [1.165, 1.54) is 4.90 Å². The maximum atomic E-state index is 15.2. The molecule has 7 rings (SSSR count). The molecular weight excluding hydrogens is 701 g/mol. The van der Waals surface area contributed by atoms with Gasteiger partial charge in [0, 0.05) is 46.3 Å². The Morgan fingerprint density at radius 2 is 1.46 bits per heavy atom. The summed E-state index contributed by atoms with van der Waals surface area (Å²) in [7, 11) is -3.08. The second-order valence-electron chi connectivity index (χ2n) is 15.0. The number of aliphatic hydroxyl groups is 1. The van der Waals surface area contributed by atoms with Crippen LogP contribution in [0.25, 0.3) is 0 Å². The van der Waals surface area contributed by atoms with Crippen LogP contribution in [0.5, 0.6) is 0 Å². The number of amides is 4. The molecule has 54 heavy (non-hydrogen) atoms. The van der Waals surface area contributed by atoms with Crippen LogP contribution in [0, 0.1) is 5.92 Å². The molecule has 11 nitrogen and oxygen atoms in total. The lowest BCUT2D eigenvalue weighted by Crippen LogP contribution is -2.46. The van der Waals surface area contributed by atoms with Gasteiger partial charge in [-0.2, -0.15) is 0 Å². The van der Waals surface area contributed by atoms with Crippen LogP contribution in [0.2, 0.25) is 18.6 Å². The first-order valence-electron chi connectivity index (χ1n) is 18.5. The molecule has 2 saturated heterocycles. The van der Waals surface area contributed by atoms with E-state index < -0.39 is 31.5 Å². The van der Waals surface area contributed by atoms with Crippen LogP contribution in [-0.2, 0) is 36.1 Å². The van der Waals surface area contributed by atoms with Crippen molar-refractivity contribution in [1.82, 2.24) is 4.90 Å². The van der Waals surface area contributed by atoms with Crippen LogP contribution in [0.3, 0.4) is 0 Å².